The molecule has 20 heavy (non-hydrogen) atoms. The molecule has 0 radical (unpaired) electrons. The van der Waals surface area contributed by atoms with E-state index in [1.807, 2.05) is 0 Å². The summed E-state index contributed by atoms with van der Waals surface area (Å²) in [7, 11) is 0. The predicted molar refractivity (Wildman–Crippen MR) is 77.7 cm³/mol. The van der Waals surface area contributed by atoms with Crippen LogP contribution in [0.2, 0.25) is 0 Å². The van der Waals surface area contributed by atoms with Gasteiger partial charge in [0.05, 0.1) is 12.5 Å². The molecule has 110 valence electrons. The molecule has 3 aliphatic carbocycles. The molecule has 9 atom stereocenters. The van der Waals surface area contributed by atoms with E-state index in [4.69, 9.17) is 0 Å². The van der Waals surface area contributed by atoms with Crippen LogP contribution in [0.15, 0.2) is 0 Å². The number of piperidine rings is 1. The minimum Gasteiger partial charge on any atom is -0.245 e. The van der Waals surface area contributed by atoms with Gasteiger partial charge in [-0.15, -0.1) is 0 Å². The average molecular weight is 274 g/mol. The first kappa shape index (κ1) is 12.2. The number of quaternary nitrogens is 1. The van der Waals surface area contributed by atoms with Crippen LogP contribution in [0.1, 0.15) is 52.4 Å². The zero-order valence-corrected chi connectivity index (χ0v) is 12.9. The van der Waals surface area contributed by atoms with Gasteiger partial charge in [-0.1, -0.05) is 13.3 Å². The van der Waals surface area contributed by atoms with E-state index in [-0.39, 0.29) is 0 Å². The number of carbonyl (C=O) groups excluding carboxylic acids is 1. The first-order valence-electron chi connectivity index (χ1n) is 9.06. The second kappa shape index (κ2) is 3.69. The number of hydrogen-bond acceptors (Lipinski definition) is 1. The molecule has 2 aliphatic heterocycles. The molecule has 5 rings (SSSR count). The molecule has 2 saturated heterocycles. The van der Waals surface area contributed by atoms with Gasteiger partial charge in [-0.25, -0.2) is 9.28 Å². The third-order valence-corrected chi connectivity index (χ3v) is 8.38. The van der Waals surface area contributed by atoms with Crippen molar-refractivity contribution in [2.75, 3.05) is 6.54 Å². The van der Waals surface area contributed by atoms with Crippen LogP contribution in [0.5, 0.6) is 0 Å². The fourth-order valence-corrected chi connectivity index (χ4v) is 7.42. The van der Waals surface area contributed by atoms with Crippen molar-refractivity contribution in [2.24, 2.45) is 35.5 Å². The van der Waals surface area contributed by atoms with Gasteiger partial charge in [0.2, 0.25) is 0 Å². The minimum absolute atomic E-state index is 0.431. The van der Waals surface area contributed by atoms with E-state index in [9.17, 15) is 4.79 Å². The molecule has 0 aromatic heterocycles. The molecule has 0 aromatic rings. The maximum Gasteiger partial charge on any atom is 0.318 e. The second-order valence-corrected chi connectivity index (χ2v) is 8.76. The van der Waals surface area contributed by atoms with Crippen molar-refractivity contribution in [3.63, 3.8) is 0 Å². The molecule has 3 saturated carbocycles. The normalized spacial score (nSPS) is 62.5. The van der Waals surface area contributed by atoms with Crippen molar-refractivity contribution in [2.45, 2.75) is 64.5 Å². The highest BCUT2D eigenvalue weighted by Gasteiger charge is 2.78. The molecule has 0 aromatic carbocycles. The van der Waals surface area contributed by atoms with Gasteiger partial charge in [0.25, 0.3) is 0 Å². The lowest BCUT2D eigenvalue weighted by atomic mass is 9.79. The summed E-state index contributed by atoms with van der Waals surface area (Å²) in [6.07, 6.45) is 8.37. The van der Waals surface area contributed by atoms with Gasteiger partial charge in [-0.2, -0.15) is 0 Å². The second-order valence-electron chi connectivity index (χ2n) is 8.76. The third kappa shape index (κ3) is 1.20. The van der Waals surface area contributed by atoms with Crippen molar-refractivity contribution in [1.29, 1.82) is 0 Å². The van der Waals surface area contributed by atoms with Gasteiger partial charge in [0.15, 0.2) is 6.04 Å². The zero-order chi connectivity index (χ0) is 13.6. The third-order valence-electron chi connectivity index (χ3n) is 8.38. The number of hydrogen-bond donors (Lipinski definition) is 0. The Morgan fingerprint density at radius 2 is 1.80 bits per heavy atom. The molecule has 1 amide bonds. The van der Waals surface area contributed by atoms with Crippen LogP contribution in [0.4, 0.5) is 0 Å². The molecule has 5 fully saturated rings. The van der Waals surface area contributed by atoms with E-state index >= 15 is 0 Å². The summed E-state index contributed by atoms with van der Waals surface area (Å²) >= 11 is 0. The quantitative estimate of drug-likeness (QED) is 0.530. The van der Waals surface area contributed by atoms with Crippen LogP contribution in [-0.4, -0.2) is 29.0 Å². The van der Waals surface area contributed by atoms with Crippen molar-refractivity contribution < 1.29 is 9.28 Å². The van der Waals surface area contributed by atoms with Crippen LogP contribution >= 0.6 is 0 Å². The smallest absolute Gasteiger partial charge is 0.245 e. The van der Waals surface area contributed by atoms with Crippen LogP contribution < -0.4 is 0 Å². The van der Waals surface area contributed by atoms with Gasteiger partial charge in [-0.05, 0) is 56.8 Å². The van der Waals surface area contributed by atoms with Crippen molar-refractivity contribution in [1.82, 2.24) is 0 Å². The molecule has 2 nitrogen and oxygen atoms in total. The first-order valence-corrected chi connectivity index (χ1v) is 9.06. The lowest BCUT2D eigenvalue weighted by molar-refractivity contribution is -0.741. The Kier molecular flexibility index (Phi) is 2.25. The summed E-state index contributed by atoms with van der Waals surface area (Å²) in [6, 6.07) is 1.40. The molecular weight excluding hydrogens is 246 g/mol. The fraction of sp³-hybridized carbons (Fsp3) is 0.944. The first-order chi connectivity index (χ1) is 9.64. The van der Waals surface area contributed by atoms with Gasteiger partial charge in [0.1, 0.15) is 6.04 Å². The summed E-state index contributed by atoms with van der Waals surface area (Å²) < 4.78 is 0.938. The predicted octanol–water partition coefficient (Wildman–Crippen LogP) is 3.21. The Labute approximate surface area is 122 Å². The monoisotopic (exact) mass is 274 g/mol. The Morgan fingerprint density at radius 1 is 1.00 bits per heavy atom. The average Bonchev–Trinajstić information content (AvgIpc) is 2.96. The van der Waals surface area contributed by atoms with E-state index in [2.05, 4.69) is 13.8 Å². The standard InChI is InChI=1S/C18H28NO/c1-10-12-6-7-13(8-12)16(10)18(20)19-9-14-4-3-5-15(14)17(19)11(19)2/h10-17H,3-9H2,1-2H3/q+1. The minimum atomic E-state index is 0.431. The van der Waals surface area contributed by atoms with Crippen molar-refractivity contribution >= 4 is 5.91 Å². The fourth-order valence-electron chi connectivity index (χ4n) is 7.42. The van der Waals surface area contributed by atoms with Crippen LogP contribution in [0.25, 0.3) is 0 Å². The number of fused-ring (bicyclic) bond motifs is 5. The lowest BCUT2D eigenvalue weighted by Crippen LogP contribution is -2.45. The molecule has 0 spiro atoms. The summed E-state index contributed by atoms with van der Waals surface area (Å²) in [6.45, 7) is 5.97. The Balaban J connectivity index is 1.45. The number of nitrogens with zero attached hydrogens (tertiary/aromatic N) is 1. The summed E-state index contributed by atoms with van der Waals surface area (Å²) in [4.78, 5) is 13.4. The van der Waals surface area contributed by atoms with Gasteiger partial charge in [-0.3, -0.25) is 0 Å². The van der Waals surface area contributed by atoms with E-state index in [1.165, 1.54) is 45.1 Å². The highest BCUT2D eigenvalue weighted by molar-refractivity contribution is 5.76. The summed E-state index contributed by atoms with van der Waals surface area (Å²) in [5, 5.41) is 0. The van der Waals surface area contributed by atoms with Gasteiger partial charge in [0, 0.05) is 11.8 Å². The topological polar surface area (TPSA) is 17.1 Å². The van der Waals surface area contributed by atoms with Gasteiger partial charge >= 0.3 is 5.91 Å². The Morgan fingerprint density at radius 3 is 2.55 bits per heavy atom. The molecule has 0 N–H and O–H groups in total. The highest BCUT2D eigenvalue weighted by atomic mass is 16.2. The molecule has 5 aliphatic rings. The van der Waals surface area contributed by atoms with Crippen LogP contribution in [0, 0.1) is 35.5 Å². The number of carbonyl (C=O) groups is 1. The largest absolute Gasteiger partial charge is 0.318 e. The number of rotatable bonds is 1. The molecule has 9 unspecified atom stereocenters. The SMILES string of the molecule is CC1C2CCC(C2)C1C(=O)[N+]12CC3CCCC3C1C2C. The Bertz CT molecular complexity index is 472. The summed E-state index contributed by atoms with van der Waals surface area (Å²) in [5.41, 5.74) is 0. The maximum atomic E-state index is 13.4. The Hall–Kier alpha value is -0.370. The lowest BCUT2D eigenvalue weighted by Gasteiger charge is -2.30. The maximum absolute atomic E-state index is 13.4. The van der Waals surface area contributed by atoms with E-state index in [0.717, 1.165) is 34.2 Å². The van der Waals surface area contributed by atoms with Gasteiger partial charge < -0.3 is 0 Å². The van der Waals surface area contributed by atoms with E-state index in [1.54, 1.807) is 0 Å². The number of amides is 1. The van der Waals surface area contributed by atoms with E-state index < -0.39 is 0 Å². The molecular formula is C18H28NO+. The van der Waals surface area contributed by atoms with Crippen LogP contribution in [-0.2, 0) is 4.79 Å². The summed E-state index contributed by atoms with van der Waals surface area (Å²) in [5.74, 6) is 5.24. The van der Waals surface area contributed by atoms with Crippen molar-refractivity contribution in [3.8, 4) is 0 Å². The highest BCUT2D eigenvalue weighted by Crippen LogP contribution is 2.62. The molecule has 2 heteroatoms. The van der Waals surface area contributed by atoms with E-state index in [0.29, 0.717) is 23.8 Å². The van der Waals surface area contributed by atoms with Crippen LogP contribution in [0.3, 0.4) is 0 Å². The molecule has 2 bridgehead atoms. The van der Waals surface area contributed by atoms with Crippen molar-refractivity contribution in [3.05, 3.63) is 0 Å². The zero-order valence-electron chi connectivity index (χ0n) is 12.9. The molecule has 2 heterocycles.